The molecule has 0 saturated carbocycles. The number of fused-ring (bicyclic) bond motifs is 1. The van der Waals surface area contributed by atoms with Gasteiger partial charge in [0.25, 0.3) is 0 Å². The molecule has 1 N–H and O–H groups in total. The average molecular weight is 379 g/mol. The van der Waals surface area contributed by atoms with Crippen molar-refractivity contribution in [2.75, 3.05) is 13.7 Å². The summed E-state index contributed by atoms with van der Waals surface area (Å²) in [6.45, 7) is 0.846. The molecular weight excluding hydrogens is 361 g/mol. The first-order valence-electron chi connectivity index (χ1n) is 6.96. The van der Waals surface area contributed by atoms with Gasteiger partial charge in [-0.1, -0.05) is 24.3 Å². The SMILES string of the molecule is CNC(c1cccc(I)c1)c1ccc2c(c1)CCCO2. The van der Waals surface area contributed by atoms with Crippen LogP contribution in [-0.4, -0.2) is 13.7 Å². The van der Waals surface area contributed by atoms with Crippen LogP contribution in [0.2, 0.25) is 0 Å². The van der Waals surface area contributed by atoms with Gasteiger partial charge in [0.15, 0.2) is 0 Å². The molecule has 1 aliphatic rings. The Morgan fingerprint density at radius 1 is 1.15 bits per heavy atom. The fourth-order valence-electron chi connectivity index (χ4n) is 2.77. The van der Waals surface area contributed by atoms with E-state index < -0.39 is 0 Å². The lowest BCUT2D eigenvalue weighted by Gasteiger charge is -2.22. The Kier molecular flexibility index (Phi) is 4.27. The molecule has 3 rings (SSSR count). The molecule has 2 aromatic carbocycles. The largest absolute Gasteiger partial charge is 0.493 e. The molecule has 20 heavy (non-hydrogen) atoms. The van der Waals surface area contributed by atoms with E-state index in [0.717, 1.165) is 25.2 Å². The smallest absolute Gasteiger partial charge is 0.122 e. The summed E-state index contributed by atoms with van der Waals surface area (Å²) in [5, 5.41) is 3.42. The molecule has 3 heteroatoms. The van der Waals surface area contributed by atoms with Crippen LogP contribution < -0.4 is 10.1 Å². The maximum absolute atomic E-state index is 5.70. The molecule has 1 atom stereocenters. The molecule has 0 fully saturated rings. The Bertz CT molecular complexity index is 612. The van der Waals surface area contributed by atoms with Crippen molar-refractivity contribution in [2.45, 2.75) is 18.9 Å². The molecule has 104 valence electrons. The number of ether oxygens (including phenoxy) is 1. The van der Waals surface area contributed by atoms with Crippen LogP contribution in [0.4, 0.5) is 0 Å². The van der Waals surface area contributed by atoms with E-state index in [1.165, 1.54) is 20.3 Å². The van der Waals surface area contributed by atoms with Crippen LogP contribution in [0.15, 0.2) is 42.5 Å². The Balaban J connectivity index is 1.97. The Hall–Kier alpha value is -1.07. The summed E-state index contributed by atoms with van der Waals surface area (Å²) in [5.74, 6) is 1.05. The quantitative estimate of drug-likeness (QED) is 0.817. The van der Waals surface area contributed by atoms with E-state index in [-0.39, 0.29) is 6.04 Å². The van der Waals surface area contributed by atoms with Gasteiger partial charge >= 0.3 is 0 Å². The number of rotatable bonds is 3. The van der Waals surface area contributed by atoms with Crippen molar-refractivity contribution in [3.8, 4) is 5.75 Å². The fourth-order valence-corrected chi connectivity index (χ4v) is 3.34. The first-order valence-corrected chi connectivity index (χ1v) is 8.04. The zero-order chi connectivity index (χ0) is 13.9. The zero-order valence-corrected chi connectivity index (χ0v) is 13.7. The summed E-state index contributed by atoms with van der Waals surface area (Å²) < 4.78 is 6.96. The van der Waals surface area contributed by atoms with Gasteiger partial charge in [0.05, 0.1) is 12.6 Å². The lowest BCUT2D eigenvalue weighted by Crippen LogP contribution is -2.18. The number of halogens is 1. The minimum absolute atomic E-state index is 0.233. The minimum atomic E-state index is 0.233. The van der Waals surface area contributed by atoms with E-state index in [9.17, 15) is 0 Å². The maximum Gasteiger partial charge on any atom is 0.122 e. The average Bonchev–Trinajstić information content (AvgIpc) is 2.48. The van der Waals surface area contributed by atoms with Gasteiger partial charge in [0.1, 0.15) is 5.75 Å². The summed E-state index contributed by atoms with van der Waals surface area (Å²) in [6.07, 6.45) is 2.23. The summed E-state index contributed by atoms with van der Waals surface area (Å²) in [5.41, 5.74) is 3.94. The van der Waals surface area contributed by atoms with Crippen LogP contribution in [-0.2, 0) is 6.42 Å². The predicted molar refractivity (Wildman–Crippen MR) is 90.3 cm³/mol. The third kappa shape index (κ3) is 2.83. The number of benzene rings is 2. The fraction of sp³-hybridized carbons (Fsp3) is 0.294. The van der Waals surface area contributed by atoms with Gasteiger partial charge < -0.3 is 10.1 Å². The van der Waals surface area contributed by atoms with Crippen molar-refractivity contribution >= 4 is 22.6 Å². The standard InChI is InChI=1S/C17H18INO/c1-19-17(13-4-2-6-15(18)11-13)14-7-8-16-12(10-14)5-3-9-20-16/h2,4,6-8,10-11,17,19H,3,5,9H2,1H3. The van der Waals surface area contributed by atoms with Crippen molar-refractivity contribution in [3.63, 3.8) is 0 Å². The maximum atomic E-state index is 5.70. The number of aryl methyl sites for hydroxylation is 1. The second-order valence-corrected chi connectivity index (χ2v) is 6.34. The molecule has 1 unspecified atom stereocenters. The van der Waals surface area contributed by atoms with Gasteiger partial charge in [-0.15, -0.1) is 0 Å². The summed E-state index contributed by atoms with van der Waals surface area (Å²) in [4.78, 5) is 0. The summed E-state index contributed by atoms with van der Waals surface area (Å²) in [7, 11) is 2.01. The van der Waals surface area contributed by atoms with Gasteiger partial charge in [-0.2, -0.15) is 0 Å². The molecule has 0 aromatic heterocycles. The molecular formula is C17H18INO. The minimum Gasteiger partial charge on any atom is -0.493 e. The van der Waals surface area contributed by atoms with Crippen LogP contribution in [0.25, 0.3) is 0 Å². The third-order valence-electron chi connectivity index (χ3n) is 3.74. The van der Waals surface area contributed by atoms with Gasteiger partial charge in [-0.25, -0.2) is 0 Å². The molecule has 0 bridgehead atoms. The van der Waals surface area contributed by atoms with E-state index >= 15 is 0 Å². The first-order chi connectivity index (χ1) is 9.78. The molecule has 0 spiro atoms. The van der Waals surface area contributed by atoms with Crippen LogP contribution >= 0.6 is 22.6 Å². The summed E-state index contributed by atoms with van der Waals surface area (Å²) >= 11 is 2.36. The lowest BCUT2D eigenvalue weighted by atomic mass is 9.95. The highest BCUT2D eigenvalue weighted by atomic mass is 127. The van der Waals surface area contributed by atoms with Crippen LogP contribution in [0.5, 0.6) is 5.75 Å². The number of nitrogens with one attached hydrogen (secondary N) is 1. The van der Waals surface area contributed by atoms with E-state index in [0.29, 0.717) is 0 Å². The number of hydrogen-bond acceptors (Lipinski definition) is 2. The highest BCUT2D eigenvalue weighted by Gasteiger charge is 2.16. The van der Waals surface area contributed by atoms with Crippen LogP contribution in [0, 0.1) is 3.57 Å². The van der Waals surface area contributed by atoms with Crippen molar-refractivity contribution in [3.05, 3.63) is 62.7 Å². The molecule has 0 saturated heterocycles. The number of hydrogen-bond donors (Lipinski definition) is 1. The second-order valence-electron chi connectivity index (χ2n) is 5.10. The topological polar surface area (TPSA) is 21.3 Å². The first kappa shape index (κ1) is 13.9. The molecule has 0 radical (unpaired) electrons. The van der Waals surface area contributed by atoms with Crippen molar-refractivity contribution in [1.82, 2.24) is 5.32 Å². The normalized spacial score (nSPS) is 15.3. The van der Waals surface area contributed by atoms with Crippen molar-refractivity contribution in [2.24, 2.45) is 0 Å². The Morgan fingerprint density at radius 2 is 2.00 bits per heavy atom. The van der Waals surface area contributed by atoms with E-state index in [2.05, 4.69) is 70.4 Å². The Labute approximate surface area is 133 Å². The van der Waals surface area contributed by atoms with Gasteiger partial charge in [0.2, 0.25) is 0 Å². The van der Waals surface area contributed by atoms with E-state index in [1.54, 1.807) is 0 Å². The molecule has 1 heterocycles. The highest BCUT2D eigenvalue weighted by molar-refractivity contribution is 14.1. The molecule has 2 nitrogen and oxygen atoms in total. The van der Waals surface area contributed by atoms with Gasteiger partial charge in [0, 0.05) is 3.57 Å². The second kappa shape index (κ2) is 6.14. The van der Waals surface area contributed by atoms with E-state index in [1.807, 2.05) is 7.05 Å². The predicted octanol–water partition coefficient (Wildman–Crippen LogP) is 3.93. The third-order valence-corrected chi connectivity index (χ3v) is 4.41. The molecule has 0 aliphatic carbocycles. The lowest BCUT2D eigenvalue weighted by molar-refractivity contribution is 0.288. The Morgan fingerprint density at radius 3 is 2.80 bits per heavy atom. The van der Waals surface area contributed by atoms with E-state index in [4.69, 9.17) is 4.74 Å². The molecule has 0 amide bonds. The van der Waals surface area contributed by atoms with Crippen molar-refractivity contribution < 1.29 is 4.74 Å². The highest BCUT2D eigenvalue weighted by Crippen LogP contribution is 2.30. The molecule has 2 aromatic rings. The van der Waals surface area contributed by atoms with Crippen molar-refractivity contribution in [1.29, 1.82) is 0 Å². The van der Waals surface area contributed by atoms with Crippen LogP contribution in [0.1, 0.15) is 29.2 Å². The summed E-state index contributed by atoms with van der Waals surface area (Å²) in [6, 6.07) is 15.5. The zero-order valence-electron chi connectivity index (χ0n) is 11.5. The van der Waals surface area contributed by atoms with Gasteiger partial charge in [-0.05, 0) is 77.4 Å². The molecule has 1 aliphatic heterocycles. The van der Waals surface area contributed by atoms with Gasteiger partial charge in [-0.3, -0.25) is 0 Å². The monoisotopic (exact) mass is 379 g/mol. The van der Waals surface area contributed by atoms with Crippen LogP contribution in [0.3, 0.4) is 0 Å².